The van der Waals surface area contributed by atoms with Crippen molar-refractivity contribution in [2.24, 2.45) is 5.41 Å². The van der Waals surface area contributed by atoms with Gasteiger partial charge in [-0.05, 0) is 5.56 Å². The van der Waals surface area contributed by atoms with E-state index in [0.29, 0.717) is 0 Å². The standard InChI is InChI=1S/C14H21BrO2/c1-13(2,3)14(16-4,17-5)12-8-6-11(10-15)7-9-12/h6-9H,10H2,1-5H3. The van der Waals surface area contributed by atoms with Crippen molar-refractivity contribution in [3.63, 3.8) is 0 Å². The number of alkyl halides is 1. The van der Waals surface area contributed by atoms with Crippen LogP contribution in [0.15, 0.2) is 24.3 Å². The van der Waals surface area contributed by atoms with E-state index < -0.39 is 5.79 Å². The third kappa shape index (κ3) is 2.72. The van der Waals surface area contributed by atoms with Gasteiger partial charge in [-0.15, -0.1) is 0 Å². The van der Waals surface area contributed by atoms with Gasteiger partial charge in [0, 0.05) is 30.5 Å². The first kappa shape index (κ1) is 14.7. The summed E-state index contributed by atoms with van der Waals surface area (Å²) in [4.78, 5) is 0. The average molecular weight is 301 g/mol. The molecule has 2 nitrogen and oxygen atoms in total. The summed E-state index contributed by atoms with van der Waals surface area (Å²) in [5.41, 5.74) is 2.13. The summed E-state index contributed by atoms with van der Waals surface area (Å²) in [5, 5.41) is 0.857. The van der Waals surface area contributed by atoms with E-state index >= 15 is 0 Å². The normalized spacial score (nSPS) is 12.8. The highest BCUT2D eigenvalue weighted by Crippen LogP contribution is 2.42. The molecule has 0 heterocycles. The van der Waals surface area contributed by atoms with Gasteiger partial charge in [-0.3, -0.25) is 0 Å². The quantitative estimate of drug-likeness (QED) is 0.616. The van der Waals surface area contributed by atoms with Crippen LogP contribution in [0.3, 0.4) is 0 Å². The summed E-state index contributed by atoms with van der Waals surface area (Å²) in [7, 11) is 3.38. The van der Waals surface area contributed by atoms with E-state index in [1.165, 1.54) is 5.56 Å². The van der Waals surface area contributed by atoms with E-state index in [1.807, 2.05) is 0 Å². The molecule has 0 fully saturated rings. The molecule has 1 aromatic rings. The van der Waals surface area contributed by atoms with Crippen LogP contribution in [-0.2, 0) is 20.6 Å². The van der Waals surface area contributed by atoms with Gasteiger partial charge in [-0.2, -0.15) is 0 Å². The molecule has 96 valence electrons. The van der Waals surface area contributed by atoms with Crippen LogP contribution in [0, 0.1) is 5.41 Å². The third-order valence-corrected chi connectivity index (χ3v) is 3.70. The molecule has 0 atom stereocenters. The average Bonchev–Trinajstić information content (AvgIpc) is 2.30. The molecule has 0 saturated carbocycles. The van der Waals surface area contributed by atoms with Crippen LogP contribution in [0.2, 0.25) is 0 Å². The minimum atomic E-state index is -0.710. The molecule has 0 unspecified atom stereocenters. The smallest absolute Gasteiger partial charge is 0.199 e. The van der Waals surface area contributed by atoms with E-state index in [9.17, 15) is 0 Å². The highest BCUT2D eigenvalue weighted by Gasteiger charge is 2.44. The molecule has 0 bridgehead atoms. The Kier molecular flexibility index (Phi) is 4.76. The number of ether oxygens (including phenoxy) is 2. The summed E-state index contributed by atoms with van der Waals surface area (Å²) in [6.45, 7) is 6.33. The maximum Gasteiger partial charge on any atom is 0.199 e. The predicted molar refractivity (Wildman–Crippen MR) is 74.2 cm³/mol. The lowest BCUT2D eigenvalue weighted by Crippen LogP contribution is -2.43. The van der Waals surface area contributed by atoms with Crippen LogP contribution in [0.4, 0.5) is 0 Å². The van der Waals surface area contributed by atoms with Crippen molar-refractivity contribution in [1.29, 1.82) is 0 Å². The molecule has 0 amide bonds. The molecule has 0 aliphatic heterocycles. The first-order chi connectivity index (χ1) is 7.91. The maximum atomic E-state index is 5.68. The molecule has 17 heavy (non-hydrogen) atoms. The maximum absolute atomic E-state index is 5.68. The van der Waals surface area contributed by atoms with Crippen LogP contribution in [0.1, 0.15) is 31.9 Å². The molecule has 0 aliphatic rings. The third-order valence-electron chi connectivity index (χ3n) is 3.05. The van der Waals surface area contributed by atoms with Crippen LogP contribution in [-0.4, -0.2) is 14.2 Å². The van der Waals surface area contributed by atoms with Gasteiger partial charge >= 0.3 is 0 Å². The minimum absolute atomic E-state index is 0.146. The molecule has 0 radical (unpaired) electrons. The Balaban J connectivity index is 3.22. The van der Waals surface area contributed by atoms with E-state index in [0.717, 1.165) is 10.9 Å². The first-order valence-electron chi connectivity index (χ1n) is 5.67. The molecular formula is C14H21BrO2. The molecule has 0 aromatic heterocycles. The van der Waals surface area contributed by atoms with E-state index in [2.05, 4.69) is 61.0 Å². The van der Waals surface area contributed by atoms with Crippen molar-refractivity contribution < 1.29 is 9.47 Å². The van der Waals surface area contributed by atoms with Gasteiger partial charge in [0.05, 0.1) is 0 Å². The van der Waals surface area contributed by atoms with Crippen molar-refractivity contribution in [3.05, 3.63) is 35.4 Å². The van der Waals surface area contributed by atoms with Gasteiger partial charge in [-0.1, -0.05) is 61.0 Å². The molecule has 0 N–H and O–H groups in total. The second-order valence-electron chi connectivity index (χ2n) is 5.11. The monoisotopic (exact) mass is 300 g/mol. The van der Waals surface area contributed by atoms with Crippen molar-refractivity contribution in [2.45, 2.75) is 31.9 Å². The summed E-state index contributed by atoms with van der Waals surface area (Å²) in [6, 6.07) is 8.30. The van der Waals surface area contributed by atoms with Gasteiger partial charge < -0.3 is 9.47 Å². The molecule has 1 aromatic carbocycles. The fourth-order valence-corrected chi connectivity index (χ4v) is 2.55. The molecule has 3 heteroatoms. The van der Waals surface area contributed by atoms with Crippen LogP contribution in [0.5, 0.6) is 0 Å². The number of rotatable bonds is 4. The predicted octanol–water partition coefficient (Wildman–Crippen LogP) is 4.07. The summed E-state index contributed by atoms with van der Waals surface area (Å²) < 4.78 is 11.4. The van der Waals surface area contributed by atoms with Crippen molar-refractivity contribution in [1.82, 2.24) is 0 Å². The molecule has 0 saturated heterocycles. The Hall–Kier alpha value is -0.380. The second-order valence-corrected chi connectivity index (χ2v) is 5.67. The number of halogens is 1. The first-order valence-corrected chi connectivity index (χ1v) is 6.79. The Labute approximate surface area is 112 Å². The number of benzene rings is 1. The van der Waals surface area contributed by atoms with Crippen molar-refractivity contribution in [3.8, 4) is 0 Å². The topological polar surface area (TPSA) is 18.5 Å². The Morgan fingerprint density at radius 3 is 1.76 bits per heavy atom. The van der Waals surface area contributed by atoms with Gasteiger partial charge in [-0.25, -0.2) is 0 Å². The zero-order valence-electron chi connectivity index (χ0n) is 11.2. The number of hydrogen-bond donors (Lipinski definition) is 0. The number of methoxy groups -OCH3 is 2. The zero-order valence-corrected chi connectivity index (χ0v) is 12.8. The Morgan fingerprint density at radius 2 is 1.47 bits per heavy atom. The largest absolute Gasteiger partial charge is 0.349 e. The Morgan fingerprint density at radius 1 is 1.00 bits per heavy atom. The van der Waals surface area contributed by atoms with Gasteiger partial charge in [0.1, 0.15) is 0 Å². The van der Waals surface area contributed by atoms with Crippen molar-refractivity contribution >= 4 is 15.9 Å². The van der Waals surface area contributed by atoms with E-state index in [1.54, 1.807) is 14.2 Å². The zero-order chi connectivity index (χ0) is 13.1. The van der Waals surface area contributed by atoms with Crippen LogP contribution < -0.4 is 0 Å². The molecule has 0 aliphatic carbocycles. The Bertz CT molecular complexity index is 347. The minimum Gasteiger partial charge on any atom is -0.349 e. The van der Waals surface area contributed by atoms with Gasteiger partial charge in [0.2, 0.25) is 0 Å². The lowest BCUT2D eigenvalue weighted by molar-refractivity contribution is -0.274. The molecule has 1 rings (SSSR count). The van der Waals surface area contributed by atoms with E-state index in [4.69, 9.17) is 9.47 Å². The lowest BCUT2D eigenvalue weighted by Gasteiger charge is -2.42. The van der Waals surface area contributed by atoms with Crippen LogP contribution >= 0.6 is 15.9 Å². The summed E-state index contributed by atoms with van der Waals surface area (Å²) in [6.07, 6.45) is 0. The van der Waals surface area contributed by atoms with Gasteiger partial charge in [0.25, 0.3) is 0 Å². The lowest BCUT2D eigenvalue weighted by atomic mass is 9.80. The second kappa shape index (κ2) is 5.51. The van der Waals surface area contributed by atoms with Crippen molar-refractivity contribution in [2.75, 3.05) is 14.2 Å². The van der Waals surface area contributed by atoms with Gasteiger partial charge in [0.15, 0.2) is 5.79 Å². The fraction of sp³-hybridized carbons (Fsp3) is 0.571. The van der Waals surface area contributed by atoms with E-state index in [-0.39, 0.29) is 5.41 Å². The fourth-order valence-electron chi connectivity index (χ4n) is 2.18. The summed E-state index contributed by atoms with van der Waals surface area (Å²) in [5.74, 6) is -0.710. The highest BCUT2D eigenvalue weighted by molar-refractivity contribution is 9.08. The molecule has 0 spiro atoms. The SMILES string of the molecule is COC(OC)(c1ccc(CBr)cc1)C(C)(C)C. The number of hydrogen-bond acceptors (Lipinski definition) is 2. The van der Waals surface area contributed by atoms with Crippen LogP contribution in [0.25, 0.3) is 0 Å². The summed E-state index contributed by atoms with van der Waals surface area (Å²) >= 11 is 3.44. The highest BCUT2D eigenvalue weighted by atomic mass is 79.9. The molecular weight excluding hydrogens is 280 g/mol.